The summed E-state index contributed by atoms with van der Waals surface area (Å²) >= 11 is 6.07. The summed E-state index contributed by atoms with van der Waals surface area (Å²) in [6.07, 6.45) is 4.56. The van der Waals surface area contributed by atoms with Crippen LogP contribution < -0.4 is 5.73 Å². The van der Waals surface area contributed by atoms with E-state index >= 15 is 0 Å². The van der Waals surface area contributed by atoms with E-state index < -0.39 is 0 Å². The average molecular weight is 266 g/mol. The highest BCUT2D eigenvalue weighted by Gasteiger charge is 2.37. The smallest absolute Gasteiger partial charge is 0.0410 e. The van der Waals surface area contributed by atoms with Crippen LogP contribution in [0.4, 0.5) is 0 Å². The van der Waals surface area contributed by atoms with Crippen LogP contribution in [0, 0.1) is 11.3 Å². The predicted octanol–water partition coefficient (Wildman–Crippen LogP) is 4.73. The van der Waals surface area contributed by atoms with Crippen LogP contribution in [0.5, 0.6) is 0 Å². The summed E-state index contributed by atoms with van der Waals surface area (Å²) in [7, 11) is 0. The van der Waals surface area contributed by atoms with Crippen molar-refractivity contribution in [3.8, 4) is 0 Å². The van der Waals surface area contributed by atoms with Crippen molar-refractivity contribution >= 4 is 11.6 Å². The molecule has 1 nitrogen and oxygen atoms in total. The third-order valence-electron chi connectivity index (χ3n) is 4.50. The molecule has 2 N–H and O–H groups in total. The minimum atomic E-state index is -0.174. The zero-order valence-corrected chi connectivity index (χ0v) is 12.4. The van der Waals surface area contributed by atoms with Crippen LogP contribution in [0.2, 0.25) is 5.02 Å². The number of benzene rings is 1. The predicted molar refractivity (Wildman–Crippen MR) is 78.7 cm³/mol. The van der Waals surface area contributed by atoms with Crippen LogP contribution >= 0.6 is 11.6 Å². The molecule has 0 unspecified atom stereocenters. The highest BCUT2D eigenvalue weighted by atomic mass is 35.5. The van der Waals surface area contributed by atoms with Gasteiger partial charge in [0.05, 0.1) is 0 Å². The lowest BCUT2D eigenvalue weighted by atomic mass is 9.66. The van der Waals surface area contributed by atoms with Gasteiger partial charge in [0.1, 0.15) is 0 Å². The van der Waals surface area contributed by atoms with Crippen LogP contribution in [0.25, 0.3) is 0 Å². The van der Waals surface area contributed by atoms with Crippen molar-refractivity contribution in [2.45, 2.75) is 52.0 Å². The number of hydrogen-bond acceptors (Lipinski definition) is 1. The summed E-state index contributed by atoms with van der Waals surface area (Å²) in [4.78, 5) is 0. The second kappa shape index (κ2) is 4.86. The third-order valence-corrected chi connectivity index (χ3v) is 4.74. The van der Waals surface area contributed by atoms with Gasteiger partial charge < -0.3 is 5.73 Å². The molecule has 0 atom stereocenters. The van der Waals surface area contributed by atoms with E-state index in [4.69, 9.17) is 17.3 Å². The summed E-state index contributed by atoms with van der Waals surface area (Å²) in [5.41, 5.74) is 8.02. The minimum absolute atomic E-state index is 0.174. The molecule has 1 aliphatic carbocycles. The van der Waals surface area contributed by atoms with Crippen LogP contribution in [0.15, 0.2) is 24.3 Å². The number of rotatable bonds is 1. The Hall–Kier alpha value is -0.530. The van der Waals surface area contributed by atoms with Crippen LogP contribution in [-0.4, -0.2) is 0 Å². The lowest BCUT2D eigenvalue weighted by Gasteiger charge is -2.42. The summed E-state index contributed by atoms with van der Waals surface area (Å²) in [6.45, 7) is 7.00. The van der Waals surface area contributed by atoms with E-state index in [0.717, 1.165) is 23.8 Å². The lowest BCUT2D eigenvalue weighted by molar-refractivity contribution is 0.134. The highest BCUT2D eigenvalue weighted by molar-refractivity contribution is 6.30. The first-order valence-electron chi connectivity index (χ1n) is 6.86. The molecule has 0 spiro atoms. The molecular weight excluding hydrogens is 242 g/mol. The standard InChI is InChI=1S/C16H24ClN/c1-15(2,3)12-7-9-16(18,10-8-12)13-5-4-6-14(17)11-13/h4-6,11-12H,7-10,18H2,1-3H3. The average Bonchev–Trinajstić information content (AvgIpc) is 2.28. The first kappa shape index (κ1) is 13.9. The van der Waals surface area contributed by atoms with Gasteiger partial charge in [0.15, 0.2) is 0 Å². The summed E-state index contributed by atoms with van der Waals surface area (Å²) in [5, 5.41) is 0.787. The fourth-order valence-corrected chi connectivity index (χ4v) is 3.28. The van der Waals surface area contributed by atoms with Gasteiger partial charge in [-0.15, -0.1) is 0 Å². The first-order valence-corrected chi connectivity index (χ1v) is 7.24. The van der Waals surface area contributed by atoms with Gasteiger partial charge in [0, 0.05) is 10.6 Å². The van der Waals surface area contributed by atoms with E-state index in [1.165, 1.54) is 18.4 Å². The van der Waals surface area contributed by atoms with Crippen LogP contribution in [-0.2, 0) is 5.54 Å². The van der Waals surface area contributed by atoms with E-state index in [2.05, 4.69) is 26.8 Å². The molecule has 0 radical (unpaired) electrons. The largest absolute Gasteiger partial charge is 0.321 e. The molecule has 0 aliphatic heterocycles. The second-order valence-electron chi connectivity index (χ2n) is 6.81. The molecule has 0 saturated heterocycles. The molecule has 0 heterocycles. The van der Waals surface area contributed by atoms with Crippen molar-refractivity contribution < 1.29 is 0 Å². The zero-order valence-electron chi connectivity index (χ0n) is 11.7. The normalized spacial score (nSPS) is 29.3. The van der Waals surface area contributed by atoms with Crippen molar-refractivity contribution in [2.24, 2.45) is 17.1 Å². The quantitative estimate of drug-likeness (QED) is 0.780. The van der Waals surface area contributed by atoms with Gasteiger partial charge in [-0.1, -0.05) is 44.5 Å². The SMILES string of the molecule is CC(C)(C)C1CCC(N)(c2cccc(Cl)c2)CC1. The van der Waals surface area contributed by atoms with Gasteiger partial charge in [-0.3, -0.25) is 0 Å². The zero-order chi connectivity index (χ0) is 13.4. The Balaban J connectivity index is 2.12. The summed E-state index contributed by atoms with van der Waals surface area (Å²) in [6, 6.07) is 8.06. The van der Waals surface area contributed by atoms with Crippen molar-refractivity contribution in [3.63, 3.8) is 0 Å². The fourth-order valence-electron chi connectivity index (χ4n) is 3.09. The maximum absolute atomic E-state index is 6.60. The lowest BCUT2D eigenvalue weighted by Crippen LogP contribution is -2.42. The number of hydrogen-bond donors (Lipinski definition) is 1. The minimum Gasteiger partial charge on any atom is -0.321 e. The summed E-state index contributed by atoms with van der Waals surface area (Å²) < 4.78 is 0. The second-order valence-corrected chi connectivity index (χ2v) is 7.24. The van der Waals surface area contributed by atoms with Crippen molar-refractivity contribution in [2.75, 3.05) is 0 Å². The van der Waals surface area contributed by atoms with Crippen molar-refractivity contribution in [1.29, 1.82) is 0 Å². The van der Waals surface area contributed by atoms with Crippen molar-refractivity contribution in [3.05, 3.63) is 34.9 Å². The maximum atomic E-state index is 6.60. The first-order chi connectivity index (χ1) is 8.31. The molecule has 18 heavy (non-hydrogen) atoms. The molecule has 1 aromatic carbocycles. The van der Waals surface area contributed by atoms with Gasteiger partial charge >= 0.3 is 0 Å². The highest BCUT2D eigenvalue weighted by Crippen LogP contribution is 2.44. The van der Waals surface area contributed by atoms with E-state index in [0.29, 0.717) is 5.41 Å². The van der Waals surface area contributed by atoms with Gasteiger partial charge in [-0.2, -0.15) is 0 Å². The van der Waals surface area contributed by atoms with E-state index in [9.17, 15) is 0 Å². The van der Waals surface area contributed by atoms with E-state index in [1.54, 1.807) is 0 Å². The molecule has 0 aromatic heterocycles. The molecule has 2 rings (SSSR count). The van der Waals surface area contributed by atoms with E-state index in [1.807, 2.05) is 18.2 Å². The van der Waals surface area contributed by atoms with Gasteiger partial charge in [-0.25, -0.2) is 0 Å². The number of halogens is 1. The molecule has 1 saturated carbocycles. The monoisotopic (exact) mass is 265 g/mol. The molecule has 2 heteroatoms. The van der Waals surface area contributed by atoms with Gasteiger partial charge in [0.2, 0.25) is 0 Å². The molecule has 1 fully saturated rings. The Kier molecular flexibility index (Phi) is 3.75. The van der Waals surface area contributed by atoms with Crippen LogP contribution in [0.1, 0.15) is 52.0 Å². The molecule has 0 amide bonds. The molecular formula is C16H24ClN. The molecule has 100 valence electrons. The Morgan fingerprint density at radius 1 is 1.22 bits per heavy atom. The number of nitrogens with two attached hydrogens (primary N) is 1. The molecule has 0 bridgehead atoms. The Labute approximate surface area is 116 Å². The fraction of sp³-hybridized carbons (Fsp3) is 0.625. The third kappa shape index (κ3) is 2.89. The maximum Gasteiger partial charge on any atom is 0.0410 e. The topological polar surface area (TPSA) is 26.0 Å². The Morgan fingerprint density at radius 2 is 1.83 bits per heavy atom. The van der Waals surface area contributed by atoms with Crippen molar-refractivity contribution in [1.82, 2.24) is 0 Å². The van der Waals surface area contributed by atoms with E-state index in [-0.39, 0.29) is 5.54 Å². The Bertz CT molecular complexity index is 411. The Morgan fingerprint density at radius 3 is 2.33 bits per heavy atom. The summed E-state index contributed by atoms with van der Waals surface area (Å²) in [5.74, 6) is 0.786. The van der Waals surface area contributed by atoms with Gasteiger partial charge in [0.25, 0.3) is 0 Å². The van der Waals surface area contributed by atoms with Gasteiger partial charge in [-0.05, 0) is 54.7 Å². The van der Waals surface area contributed by atoms with Crippen LogP contribution in [0.3, 0.4) is 0 Å². The molecule has 1 aromatic rings. The molecule has 1 aliphatic rings.